The molecule has 4 nitrogen and oxygen atoms in total. The lowest BCUT2D eigenvalue weighted by Gasteiger charge is -2.06. The largest absolute Gasteiger partial charge is 0.316 e. The minimum atomic E-state index is 0. The van der Waals surface area contributed by atoms with Gasteiger partial charge in [-0.2, -0.15) is 0 Å². The number of aromatic nitrogens is 1. The summed E-state index contributed by atoms with van der Waals surface area (Å²) in [4.78, 5) is 17.7. The second kappa shape index (κ2) is 8.11. The number of hydrogen-bond donors (Lipinski definition) is 2. The van der Waals surface area contributed by atoms with E-state index in [1.807, 2.05) is 31.2 Å². The number of nitrogens with one attached hydrogen (secondary N) is 2. The Balaban J connectivity index is 0.00000192. The number of halogens is 2. The number of nitrogens with zero attached hydrogens (tertiary/aromatic N) is 1. The van der Waals surface area contributed by atoms with Crippen molar-refractivity contribution in [1.29, 1.82) is 0 Å². The zero-order chi connectivity index (χ0) is 15.5. The van der Waals surface area contributed by atoms with Crippen LogP contribution in [0.4, 0.5) is 5.13 Å². The highest BCUT2D eigenvalue weighted by Crippen LogP contribution is 2.28. The van der Waals surface area contributed by atoms with Crippen LogP contribution in [0, 0.1) is 12.8 Å². The van der Waals surface area contributed by atoms with E-state index >= 15 is 0 Å². The van der Waals surface area contributed by atoms with E-state index in [-0.39, 0.29) is 24.2 Å². The van der Waals surface area contributed by atoms with Crippen LogP contribution in [0.2, 0.25) is 5.02 Å². The molecule has 1 atom stereocenters. The Morgan fingerprint density at radius 2 is 2.26 bits per heavy atom. The molecule has 0 saturated carbocycles. The van der Waals surface area contributed by atoms with Crippen molar-refractivity contribution in [2.45, 2.75) is 19.8 Å². The Morgan fingerprint density at radius 1 is 1.48 bits per heavy atom. The van der Waals surface area contributed by atoms with Crippen molar-refractivity contribution in [3.8, 4) is 0 Å². The van der Waals surface area contributed by atoms with Crippen LogP contribution in [0.3, 0.4) is 0 Å². The van der Waals surface area contributed by atoms with Crippen LogP contribution < -0.4 is 10.6 Å². The summed E-state index contributed by atoms with van der Waals surface area (Å²) >= 11 is 7.74. The highest BCUT2D eigenvalue weighted by Gasteiger charge is 2.23. The van der Waals surface area contributed by atoms with Crippen LogP contribution in [0.1, 0.15) is 22.6 Å². The number of rotatable bonds is 4. The maximum atomic E-state index is 12.1. The normalized spacial score (nSPS) is 16.9. The van der Waals surface area contributed by atoms with Crippen molar-refractivity contribution in [3.05, 3.63) is 45.4 Å². The fourth-order valence-corrected chi connectivity index (χ4v) is 3.74. The summed E-state index contributed by atoms with van der Waals surface area (Å²) in [7, 11) is 0. The topological polar surface area (TPSA) is 54.0 Å². The smallest absolute Gasteiger partial charge is 0.230 e. The molecule has 1 saturated heterocycles. The Labute approximate surface area is 151 Å². The van der Waals surface area contributed by atoms with Gasteiger partial charge >= 0.3 is 0 Å². The van der Waals surface area contributed by atoms with Gasteiger partial charge < -0.3 is 10.6 Å². The lowest BCUT2D eigenvalue weighted by molar-refractivity contribution is -0.119. The molecule has 1 amide bonds. The zero-order valence-corrected chi connectivity index (χ0v) is 15.2. The SMILES string of the molecule is Cc1nc(NC(=O)C2CCNC2)sc1Cc1ccccc1Cl.Cl. The van der Waals surface area contributed by atoms with Gasteiger partial charge in [0, 0.05) is 22.9 Å². The van der Waals surface area contributed by atoms with Gasteiger partial charge in [-0.3, -0.25) is 4.79 Å². The second-order valence-corrected chi connectivity index (χ2v) is 6.97. The summed E-state index contributed by atoms with van der Waals surface area (Å²) in [5, 5.41) is 7.58. The summed E-state index contributed by atoms with van der Waals surface area (Å²) in [6.45, 7) is 3.63. The van der Waals surface area contributed by atoms with E-state index in [4.69, 9.17) is 11.6 Å². The van der Waals surface area contributed by atoms with E-state index in [9.17, 15) is 4.79 Å². The molecule has 0 bridgehead atoms. The van der Waals surface area contributed by atoms with E-state index in [1.54, 1.807) is 0 Å². The van der Waals surface area contributed by atoms with Gasteiger partial charge in [-0.1, -0.05) is 29.8 Å². The first-order valence-electron chi connectivity index (χ1n) is 7.35. The van der Waals surface area contributed by atoms with Gasteiger partial charge in [0.2, 0.25) is 5.91 Å². The average Bonchev–Trinajstić information content (AvgIpc) is 3.12. The van der Waals surface area contributed by atoms with Gasteiger partial charge in [0.25, 0.3) is 0 Å². The van der Waals surface area contributed by atoms with Crippen molar-refractivity contribution in [1.82, 2.24) is 10.3 Å². The second-order valence-electron chi connectivity index (χ2n) is 5.47. The van der Waals surface area contributed by atoms with Crippen molar-refractivity contribution in [3.63, 3.8) is 0 Å². The van der Waals surface area contributed by atoms with Gasteiger partial charge in [-0.05, 0) is 31.5 Å². The first kappa shape index (κ1) is 18.2. The molecule has 1 aliphatic heterocycles. The highest BCUT2D eigenvalue weighted by atomic mass is 35.5. The summed E-state index contributed by atoms with van der Waals surface area (Å²) in [6.07, 6.45) is 1.63. The highest BCUT2D eigenvalue weighted by molar-refractivity contribution is 7.15. The van der Waals surface area contributed by atoms with Gasteiger partial charge in [0.15, 0.2) is 5.13 Å². The molecule has 0 spiro atoms. The van der Waals surface area contributed by atoms with E-state index in [0.717, 1.165) is 47.1 Å². The van der Waals surface area contributed by atoms with Gasteiger partial charge in [0.05, 0.1) is 11.6 Å². The Kier molecular flexibility index (Phi) is 6.41. The molecule has 124 valence electrons. The molecule has 1 aliphatic rings. The molecule has 0 radical (unpaired) electrons. The number of hydrogen-bond acceptors (Lipinski definition) is 4. The zero-order valence-electron chi connectivity index (χ0n) is 12.8. The molecular weight excluding hydrogens is 353 g/mol. The molecule has 2 N–H and O–H groups in total. The molecule has 2 heterocycles. The van der Waals surface area contributed by atoms with Gasteiger partial charge in [0.1, 0.15) is 0 Å². The number of thiazole rings is 1. The molecule has 3 rings (SSSR count). The van der Waals surface area contributed by atoms with Crippen LogP contribution >= 0.6 is 35.3 Å². The predicted molar refractivity (Wildman–Crippen MR) is 98.0 cm³/mol. The summed E-state index contributed by atoms with van der Waals surface area (Å²) in [6, 6.07) is 7.81. The maximum absolute atomic E-state index is 12.1. The van der Waals surface area contributed by atoms with E-state index in [1.165, 1.54) is 11.3 Å². The number of carbonyl (C=O) groups is 1. The summed E-state index contributed by atoms with van der Waals surface area (Å²) in [5.74, 6) is 0.110. The first-order chi connectivity index (χ1) is 10.6. The van der Waals surface area contributed by atoms with Crippen LogP contribution in [-0.4, -0.2) is 24.0 Å². The van der Waals surface area contributed by atoms with Crippen LogP contribution in [-0.2, 0) is 11.2 Å². The minimum absolute atomic E-state index is 0. The summed E-state index contributed by atoms with van der Waals surface area (Å²) in [5.41, 5.74) is 2.03. The molecule has 7 heteroatoms. The van der Waals surface area contributed by atoms with Crippen molar-refractivity contribution in [2.75, 3.05) is 18.4 Å². The third-order valence-corrected chi connectivity index (χ3v) is 5.30. The van der Waals surface area contributed by atoms with E-state index in [2.05, 4.69) is 15.6 Å². The Morgan fingerprint density at radius 3 is 2.96 bits per heavy atom. The maximum Gasteiger partial charge on any atom is 0.230 e. The molecule has 1 unspecified atom stereocenters. The molecule has 23 heavy (non-hydrogen) atoms. The number of aryl methyl sites for hydroxylation is 1. The third-order valence-electron chi connectivity index (χ3n) is 3.86. The minimum Gasteiger partial charge on any atom is -0.316 e. The first-order valence-corrected chi connectivity index (χ1v) is 8.54. The van der Waals surface area contributed by atoms with E-state index in [0.29, 0.717) is 5.13 Å². The van der Waals surface area contributed by atoms with Crippen molar-refractivity contribution >= 4 is 46.4 Å². The van der Waals surface area contributed by atoms with Crippen LogP contribution in [0.25, 0.3) is 0 Å². The monoisotopic (exact) mass is 371 g/mol. The Bertz CT molecular complexity index is 684. The quantitative estimate of drug-likeness (QED) is 0.861. The number of benzene rings is 1. The lowest BCUT2D eigenvalue weighted by atomic mass is 10.1. The molecule has 1 aromatic heterocycles. The van der Waals surface area contributed by atoms with Gasteiger partial charge in [-0.15, -0.1) is 23.7 Å². The fourth-order valence-electron chi connectivity index (χ4n) is 2.55. The fraction of sp³-hybridized carbons (Fsp3) is 0.375. The standard InChI is InChI=1S/C16H18ClN3OS.ClH/c1-10-14(8-11-4-2-3-5-13(11)17)22-16(19-10)20-15(21)12-6-7-18-9-12;/h2-5,12,18H,6-9H2,1H3,(H,19,20,21);1H. The third kappa shape index (κ3) is 4.44. The number of amides is 1. The molecule has 1 fully saturated rings. The molecule has 2 aromatic rings. The number of anilines is 1. The lowest BCUT2D eigenvalue weighted by Crippen LogP contribution is -2.24. The van der Waals surface area contributed by atoms with Crippen LogP contribution in [0.15, 0.2) is 24.3 Å². The number of carbonyl (C=O) groups excluding carboxylic acids is 1. The average molecular weight is 372 g/mol. The van der Waals surface area contributed by atoms with Gasteiger partial charge in [-0.25, -0.2) is 4.98 Å². The molecule has 0 aliphatic carbocycles. The molecular formula is C16H19Cl2N3OS. The molecule has 1 aromatic carbocycles. The van der Waals surface area contributed by atoms with E-state index < -0.39 is 0 Å². The van der Waals surface area contributed by atoms with Crippen molar-refractivity contribution in [2.24, 2.45) is 5.92 Å². The summed E-state index contributed by atoms with van der Waals surface area (Å²) < 4.78 is 0. The Hall–Kier alpha value is -1.14. The predicted octanol–water partition coefficient (Wildman–Crippen LogP) is 3.67. The van der Waals surface area contributed by atoms with Crippen LogP contribution in [0.5, 0.6) is 0 Å². The van der Waals surface area contributed by atoms with Crippen molar-refractivity contribution < 1.29 is 4.79 Å².